The molecule has 0 rings (SSSR count). The Kier molecular flexibility index (Phi) is 51.3. The lowest BCUT2D eigenvalue weighted by Gasteiger charge is -2.18. The van der Waals surface area contributed by atoms with Gasteiger partial charge in [-0.15, -0.1) is 0 Å². The Morgan fingerprint density at radius 1 is 0.312 bits per heavy atom. The number of allylic oxidation sites excluding steroid dienone is 6. The molecule has 0 heterocycles. The van der Waals surface area contributed by atoms with Crippen molar-refractivity contribution in [1.29, 1.82) is 0 Å². The Hall–Kier alpha value is -2.37. The van der Waals surface area contributed by atoms with E-state index in [1.165, 1.54) is 193 Å². The molecule has 0 saturated carbocycles. The van der Waals surface area contributed by atoms with E-state index in [0.717, 1.165) is 57.8 Å². The molecule has 0 radical (unpaired) electrons. The van der Waals surface area contributed by atoms with Crippen LogP contribution in [0.1, 0.15) is 297 Å². The zero-order chi connectivity index (χ0) is 46.5. The number of ether oxygens (including phenoxy) is 3. The molecule has 0 saturated heterocycles. The number of carbonyl (C=O) groups is 3. The Morgan fingerprint density at radius 2 is 0.594 bits per heavy atom. The van der Waals surface area contributed by atoms with Crippen LogP contribution in [-0.4, -0.2) is 37.2 Å². The van der Waals surface area contributed by atoms with Gasteiger partial charge in [-0.25, -0.2) is 0 Å². The van der Waals surface area contributed by atoms with Crippen molar-refractivity contribution < 1.29 is 28.6 Å². The van der Waals surface area contributed by atoms with E-state index in [2.05, 4.69) is 51.2 Å². The van der Waals surface area contributed by atoms with Gasteiger partial charge >= 0.3 is 17.9 Å². The van der Waals surface area contributed by atoms with Crippen LogP contribution in [0.3, 0.4) is 0 Å². The Labute approximate surface area is 397 Å². The molecule has 1 unspecified atom stereocenters. The summed E-state index contributed by atoms with van der Waals surface area (Å²) >= 11 is 0. The highest BCUT2D eigenvalue weighted by atomic mass is 16.6. The predicted octanol–water partition coefficient (Wildman–Crippen LogP) is 18.5. The maximum Gasteiger partial charge on any atom is 0.306 e. The molecule has 64 heavy (non-hydrogen) atoms. The van der Waals surface area contributed by atoms with E-state index in [1.54, 1.807) is 0 Å². The predicted molar refractivity (Wildman–Crippen MR) is 275 cm³/mol. The monoisotopic (exact) mass is 899 g/mol. The second kappa shape index (κ2) is 53.2. The number of carbonyl (C=O) groups excluding carboxylic acids is 3. The van der Waals surface area contributed by atoms with Gasteiger partial charge in [0.2, 0.25) is 0 Å². The molecule has 0 N–H and O–H groups in total. The molecule has 374 valence electrons. The topological polar surface area (TPSA) is 78.9 Å². The fraction of sp³-hybridized carbons (Fsp3) is 0.845. The minimum Gasteiger partial charge on any atom is -0.462 e. The largest absolute Gasteiger partial charge is 0.462 e. The minimum absolute atomic E-state index is 0.0902. The fourth-order valence-electron chi connectivity index (χ4n) is 8.14. The summed E-state index contributed by atoms with van der Waals surface area (Å²) in [5.74, 6) is -0.953. The zero-order valence-corrected chi connectivity index (χ0v) is 42.8. The summed E-state index contributed by atoms with van der Waals surface area (Å²) in [7, 11) is 0. The van der Waals surface area contributed by atoms with E-state index in [4.69, 9.17) is 14.2 Å². The summed E-state index contributed by atoms with van der Waals surface area (Å²) in [6.45, 7) is 6.61. The average molecular weight is 899 g/mol. The molecule has 0 aliphatic carbocycles. The minimum atomic E-state index is -0.794. The van der Waals surface area contributed by atoms with Crippen molar-refractivity contribution in [3.8, 4) is 0 Å². The summed E-state index contributed by atoms with van der Waals surface area (Å²) in [4.78, 5) is 38.0. The standard InChI is InChI=1S/C58H106O6/c1-4-7-10-13-16-19-22-25-27-28-29-31-33-36-39-42-45-48-51-57(60)63-54-55(53-62-56(59)50-47-44-41-38-35-32-24-21-18-15-12-9-6-3)64-58(61)52-49-46-43-40-37-34-30-26-23-20-17-14-11-8-5-2/h29,31-32,35,41,44,55H,4-28,30,33-34,36-40,42-43,45-54H2,1-3H3/b31-29+,35-32+,44-41+. The summed E-state index contributed by atoms with van der Waals surface area (Å²) in [5, 5.41) is 0. The van der Waals surface area contributed by atoms with Gasteiger partial charge in [0.05, 0.1) is 0 Å². The number of hydrogen-bond acceptors (Lipinski definition) is 6. The molecular formula is C58H106O6. The molecule has 0 aromatic rings. The van der Waals surface area contributed by atoms with Gasteiger partial charge in [-0.3, -0.25) is 14.4 Å². The highest BCUT2D eigenvalue weighted by molar-refractivity contribution is 5.71. The quantitative estimate of drug-likeness (QED) is 0.0262. The van der Waals surface area contributed by atoms with Crippen LogP contribution in [0.25, 0.3) is 0 Å². The van der Waals surface area contributed by atoms with E-state index in [0.29, 0.717) is 19.3 Å². The fourth-order valence-corrected chi connectivity index (χ4v) is 8.14. The Balaban J connectivity index is 4.39. The van der Waals surface area contributed by atoms with Crippen LogP contribution in [-0.2, 0) is 28.6 Å². The second-order valence-electron chi connectivity index (χ2n) is 18.8. The molecule has 0 aromatic heterocycles. The molecule has 1 atom stereocenters. The lowest BCUT2D eigenvalue weighted by atomic mass is 10.0. The highest BCUT2D eigenvalue weighted by Crippen LogP contribution is 2.16. The van der Waals surface area contributed by atoms with Crippen LogP contribution in [0.2, 0.25) is 0 Å². The molecule has 0 aliphatic heterocycles. The van der Waals surface area contributed by atoms with Crippen molar-refractivity contribution in [1.82, 2.24) is 0 Å². The van der Waals surface area contributed by atoms with Gasteiger partial charge in [-0.2, -0.15) is 0 Å². The summed E-state index contributed by atoms with van der Waals surface area (Å²) < 4.78 is 16.8. The van der Waals surface area contributed by atoms with Gasteiger partial charge in [0, 0.05) is 19.3 Å². The van der Waals surface area contributed by atoms with Crippen LogP contribution >= 0.6 is 0 Å². The third-order valence-corrected chi connectivity index (χ3v) is 12.4. The third-order valence-electron chi connectivity index (χ3n) is 12.4. The Morgan fingerprint density at radius 3 is 0.969 bits per heavy atom. The molecule has 0 fully saturated rings. The average Bonchev–Trinajstić information content (AvgIpc) is 3.29. The third kappa shape index (κ3) is 50.6. The lowest BCUT2D eigenvalue weighted by Crippen LogP contribution is -2.30. The summed E-state index contributed by atoms with van der Waals surface area (Å²) in [6, 6.07) is 0. The SMILES string of the molecule is CCCCCCCC/C=C/C/C=C/CCC(=O)OCC(COC(=O)CCCCCCC/C=C/CCCCCCCCCCC)OC(=O)CCCCCCCCCCCCCCCCC. The van der Waals surface area contributed by atoms with Crippen molar-refractivity contribution in [3.05, 3.63) is 36.5 Å². The van der Waals surface area contributed by atoms with E-state index < -0.39 is 6.10 Å². The van der Waals surface area contributed by atoms with Crippen LogP contribution in [0.5, 0.6) is 0 Å². The van der Waals surface area contributed by atoms with E-state index >= 15 is 0 Å². The number of esters is 3. The van der Waals surface area contributed by atoms with E-state index in [-0.39, 0.29) is 37.5 Å². The number of rotatable bonds is 51. The molecule has 0 aromatic carbocycles. The molecular weight excluding hydrogens is 793 g/mol. The van der Waals surface area contributed by atoms with Gasteiger partial charge in [0.1, 0.15) is 13.2 Å². The van der Waals surface area contributed by atoms with Gasteiger partial charge in [-0.05, 0) is 64.2 Å². The molecule has 0 amide bonds. The molecule has 0 aliphatic rings. The van der Waals surface area contributed by atoms with Crippen LogP contribution < -0.4 is 0 Å². The van der Waals surface area contributed by atoms with Crippen LogP contribution in [0, 0.1) is 0 Å². The van der Waals surface area contributed by atoms with Crippen molar-refractivity contribution in [2.75, 3.05) is 13.2 Å². The van der Waals surface area contributed by atoms with E-state index in [1.807, 2.05) is 6.08 Å². The second-order valence-corrected chi connectivity index (χ2v) is 18.8. The van der Waals surface area contributed by atoms with Crippen LogP contribution in [0.4, 0.5) is 0 Å². The van der Waals surface area contributed by atoms with Gasteiger partial charge in [0.25, 0.3) is 0 Å². The molecule has 6 nitrogen and oxygen atoms in total. The highest BCUT2D eigenvalue weighted by Gasteiger charge is 2.19. The van der Waals surface area contributed by atoms with Gasteiger partial charge in [-0.1, -0.05) is 250 Å². The first-order valence-corrected chi connectivity index (χ1v) is 28.0. The van der Waals surface area contributed by atoms with Crippen LogP contribution in [0.15, 0.2) is 36.5 Å². The first kappa shape index (κ1) is 61.6. The number of unbranched alkanes of at least 4 members (excludes halogenated alkanes) is 34. The summed E-state index contributed by atoms with van der Waals surface area (Å²) in [6.07, 6.45) is 62.9. The Bertz CT molecular complexity index is 1080. The summed E-state index contributed by atoms with van der Waals surface area (Å²) in [5.41, 5.74) is 0. The van der Waals surface area contributed by atoms with Gasteiger partial charge in [0.15, 0.2) is 6.10 Å². The zero-order valence-electron chi connectivity index (χ0n) is 42.8. The lowest BCUT2D eigenvalue weighted by molar-refractivity contribution is -0.166. The molecule has 0 spiro atoms. The normalized spacial score (nSPS) is 12.2. The van der Waals surface area contributed by atoms with Crippen molar-refractivity contribution >= 4 is 17.9 Å². The first-order chi connectivity index (χ1) is 31.5. The van der Waals surface area contributed by atoms with Crippen molar-refractivity contribution in [2.24, 2.45) is 0 Å². The van der Waals surface area contributed by atoms with Crippen molar-refractivity contribution in [2.45, 2.75) is 303 Å². The smallest absolute Gasteiger partial charge is 0.306 e. The molecule has 0 bridgehead atoms. The van der Waals surface area contributed by atoms with Crippen molar-refractivity contribution in [3.63, 3.8) is 0 Å². The first-order valence-electron chi connectivity index (χ1n) is 28.0. The van der Waals surface area contributed by atoms with E-state index in [9.17, 15) is 14.4 Å². The number of hydrogen-bond donors (Lipinski definition) is 0. The molecule has 6 heteroatoms. The van der Waals surface area contributed by atoms with Gasteiger partial charge < -0.3 is 14.2 Å². The maximum absolute atomic E-state index is 12.8. The maximum atomic E-state index is 12.8.